The highest BCUT2D eigenvalue weighted by atomic mass is 32.2. The Morgan fingerprint density at radius 2 is 1.82 bits per heavy atom. The molecular weight excluding hydrogens is 518 g/mol. The van der Waals surface area contributed by atoms with Crippen molar-refractivity contribution in [3.63, 3.8) is 0 Å². The lowest BCUT2D eigenvalue weighted by molar-refractivity contribution is 0.00921. The zero-order valence-electron chi connectivity index (χ0n) is 25.8. The van der Waals surface area contributed by atoms with Gasteiger partial charge < -0.3 is 10.1 Å². The molecule has 5 aliphatic rings. The van der Waals surface area contributed by atoms with Crippen molar-refractivity contribution in [3.05, 3.63) is 12.3 Å². The highest BCUT2D eigenvalue weighted by Crippen LogP contribution is 2.68. The molecule has 0 amide bonds. The van der Waals surface area contributed by atoms with E-state index >= 15 is 0 Å². The minimum atomic E-state index is 0.195. The molecule has 7 unspecified atom stereocenters. The Morgan fingerprint density at radius 3 is 2.62 bits per heavy atom. The van der Waals surface area contributed by atoms with Crippen LogP contribution in [0.2, 0.25) is 0 Å². The van der Waals surface area contributed by atoms with Crippen LogP contribution >= 0.6 is 11.9 Å². The van der Waals surface area contributed by atoms with Gasteiger partial charge in [0.05, 0.1) is 24.3 Å². The number of nitrogens with zero attached hydrogens (tertiary/aromatic N) is 3. The Hall–Kier alpha value is -0.840. The lowest BCUT2D eigenvalue weighted by Gasteiger charge is -2.47. The number of hydrogen-bond acceptors (Lipinski definition) is 8. The van der Waals surface area contributed by atoms with Crippen LogP contribution in [0.15, 0.2) is 12.3 Å². The van der Waals surface area contributed by atoms with Crippen LogP contribution in [0.4, 0.5) is 0 Å². The number of rotatable bonds is 4. The third-order valence-electron chi connectivity index (χ3n) is 11.7. The third kappa shape index (κ3) is 5.85. The number of piperidine rings is 2. The highest BCUT2D eigenvalue weighted by Gasteiger charge is 2.64. The minimum Gasteiger partial charge on any atom is -0.476 e. The first-order valence-electron chi connectivity index (χ1n) is 16.1. The van der Waals surface area contributed by atoms with Crippen LogP contribution in [-0.4, -0.2) is 64.2 Å². The quantitative estimate of drug-likeness (QED) is 0.379. The summed E-state index contributed by atoms with van der Waals surface area (Å²) >= 11 is 1.91. The van der Waals surface area contributed by atoms with E-state index in [2.05, 4.69) is 84.1 Å². The second-order valence-electron chi connectivity index (χ2n) is 15.1. The van der Waals surface area contributed by atoms with E-state index in [1.54, 1.807) is 0 Å². The van der Waals surface area contributed by atoms with Gasteiger partial charge in [-0.25, -0.2) is 0 Å². The van der Waals surface area contributed by atoms with Gasteiger partial charge in [-0.2, -0.15) is 0 Å². The molecule has 1 aliphatic carbocycles. The summed E-state index contributed by atoms with van der Waals surface area (Å²) in [7, 11) is 0. The summed E-state index contributed by atoms with van der Waals surface area (Å²) < 4.78 is 12.2. The van der Waals surface area contributed by atoms with E-state index in [1.165, 1.54) is 51.5 Å². The van der Waals surface area contributed by atoms with E-state index < -0.39 is 0 Å². The van der Waals surface area contributed by atoms with E-state index in [0.717, 1.165) is 37.9 Å². The van der Waals surface area contributed by atoms with Gasteiger partial charge in [0.1, 0.15) is 6.17 Å². The zero-order valence-corrected chi connectivity index (χ0v) is 26.7. The Kier molecular flexibility index (Phi) is 8.29. The molecule has 0 radical (unpaired) electrons. The van der Waals surface area contributed by atoms with Crippen LogP contribution in [0, 0.1) is 28.6 Å². The van der Waals surface area contributed by atoms with Gasteiger partial charge in [-0.1, -0.05) is 39.6 Å². The molecule has 7 atom stereocenters. The van der Waals surface area contributed by atoms with Crippen molar-refractivity contribution in [2.75, 3.05) is 26.2 Å². The molecule has 4 N–H and O–H groups in total. The van der Waals surface area contributed by atoms with Gasteiger partial charge in [0.15, 0.2) is 0 Å². The fraction of sp³-hybridized carbons (Fsp3) is 0.903. The normalized spacial score (nSPS) is 39.5. The summed E-state index contributed by atoms with van der Waals surface area (Å²) in [5, 5.41) is 17.1. The van der Waals surface area contributed by atoms with Crippen molar-refractivity contribution in [3.8, 4) is 5.88 Å². The molecule has 5 fully saturated rings. The standard InChI is InChI=1S/C31H55N7OS/c1-29(2)17-21-9-8-15-32-24-10-7-11-27(34-24)40-33-18-22-12-13-25(35-28(22)37(29)19-21)38-16-14-26(36-38)39-20-23-30(3,4)31(23,5)6/h14,16,21-25,27-28,32-35H,7-13,15,17-20H2,1-6H3. The number of ether oxygens (including phenoxy) is 1. The Balaban J connectivity index is 1.14. The molecule has 6 rings (SSSR count). The molecule has 4 aliphatic heterocycles. The molecule has 40 heavy (non-hydrogen) atoms. The molecule has 1 saturated carbocycles. The fourth-order valence-corrected chi connectivity index (χ4v) is 9.40. The summed E-state index contributed by atoms with van der Waals surface area (Å²) in [6.07, 6.45) is 13.0. The van der Waals surface area contributed by atoms with Crippen LogP contribution in [-0.2, 0) is 0 Å². The SMILES string of the molecule is CC1(C)CC2CCCNC3CCCC(N3)SNCC3CCC(n4ccc(OCC5C(C)(C)C5(C)C)n4)NC3N1C2. The van der Waals surface area contributed by atoms with E-state index in [4.69, 9.17) is 9.84 Å². The van der Waals surface area contributed by atoms with Crippen LogP contribution in [0.25, 0.3) is 0 Å². The molecule has 5 heterocycles. The number of aromatic nitrogens is 2. The third-order valence-corrected chi connectivity index (χ3v) is 12.7. The van der Waals surface area contributed by atoms with Gasteiger partial charge in [0.25, 0.3) is 0 Å². The van der Waals surface area contributed by atoms with Crippen molar-refractivity contribution in [2.24, 2.45) is 28.6 Å². The molecule has 4 bridgehead atoms. The smallest absolute Gasteiger partial charge is 0.232 e. The summed E-state index contributed by atoms with van der Waals surface area (Å²) in [4.78, 5) is 2.81. The van der Waals surface area contributed by atoms with Crippen LogP contribution in [0.3, 0.4) is 0 Å². The molecule has 0 spiro atoms. The maximum atomic E-state index is 6.23. The van der Waals surface area contributed by atoms with Gasteiger partial charge in [-0.05, 0) is 88.5 Å². The average molecular weight is 574 g/mol. The molecule has 8 nitrogen and oxygen atoms in total. The van der Waals surface area contributed by atoms with E-state index in [9.17, 15) is 0 Å². The predicted molar refractivity (Wildman–Crippen MR) is 164 cm³/mol. The first kappa shape index (κ1) is 29.2. The molecule has 1 aromatic heterocycles. The zero-order chi connectivity index (χ0) is 28.1. The van der Waals surface area contributed by atoms with E-state index in [1.807, 2.05) is 11.9 Å². The maximum Gasteiger partial charge on any atom is 0.232 e. The van der Waals surface area contributed by atoms with Crippen LogP contribution < -0.4 is 25.4 Å². The van der Waals surface area contributed by atoms with Crippen LogP contribution in [0.1, 0.15) is 99.1 Å². The molecule has 4 saturated heterocycles. The Bertz CT molecular complexity index is 998. The number of fused-ring (bicyclic) bond motifs is 6. The van der Waals surface area contributed by atoms with Crippen molar-refractivity contribution >= 4 is 11.9 Å². The maximum absolute atomic E-state index is 6.23. The molecular formula is C31H55N7OS. The largest absolute Gasteiger partial charge is 0.476 e. The lowest BCUT2D eigenvalue weighted by Crippen LogP contribution is -2.60. The first-order chi connectivity index (χ1) is 19.0. The minimum absolute atomic E-state index is 0.195. The van der Waals surface area contributed by atoms with E-state index in [0.29, 0.717) is 40.4 Å². The first-order valence-corrected chi connectivity index (χ1v) is 17.0. The molecule has 0 aromatic carbocycles. The predicted octanol–water partition coefficient (Wildman–Crippen LogP) is 4.92. The Morgan fingerprint density at radius 1 is 1.00 bits per heavy atom. The van der Waals surface area contributed by atoms with Gasteiger partial charge in [0.2, 0.25) is 5.88 Å². The fourth-order valence-electron chi connectivity index (χ4n) is 8.37. The number of nitrogens with one attached hydrogen (secondary N) is 4. The molecule has 226 valence electrons. The van der Waals surface area contributed by atoms with Gasteiger partial charge in [-0.3, -0.25) is 24.9 Å². The lowest BCUT2D eigenvalue weighted by atomic mass is 9.90. The second kappa shape index (κ2) is 11.3. The van der Waals surface area contributed by atoms with Gasteiger partial charge >= 0.3 is 0 Å². The van der Waals surface area contributed by atoms with Gasteiger partial charge in [0, 0.05) is 42.7 Å². The molecule has 9 heteroatoms. The van der Waals surface area contributed by atoms with Crippen molar-refractivity contribution < 1.29 is 4.74 Å². The summed E-state index contributed by atoms with van der Waals surface area (Å²) in [6.45, 7) is 18.4. The number of hydrogen-bond donors (Lipinski definition) is 4. The van der Waals surface area contributed by atoms with Crippen LogP contribution in [0.5, 0.6) is 5.88 Å². The topological polar surface area (TPSA) is 78.4 Å². The van der Waals surface area contributed by atoms with E-state index in [-0.39, 0.29) is 11.7 Å². The second-order valence-corrected chi connectivity index (χ2v) is 16.2. The summed E-state index contributed by atoms with van der Waals surface area (Å²) in [5.41, 5.74) is 0.858. The summed E-state index contributed by atoms with van der Waals surface area (Å²) in [5.74, 6) is 2.67. The van der Waals surface area contributed by atoms with Crippen molar-refractivity contribution in [1.29, 1.82) is 0 Å². The van der Waals surface area contributed by atoms with Crippen molar-refractivity contribution in [2.45, 2.75) is 122 Å². The Labute approximate surface area is 247 Å². The highest BCUT2D eigenvalue weighted by molar-refractivity contribution is 7.98. The average Bonchev–Trinajstić information content (AvgIpc) is 3.30. The van der Waals surface area contributed by atoms with Crippen molar-refractivity contribution in [1.82, 2.24) is 35.4 Å². The summed E-state index contributed by atoms with van der Waals surface area (Å²) in [6, 6.07) is 2.05. The molecule has 1 aromatic rings. The van der Waals surface area contributed by atoms with Gasteiger partial charge in [-0.15, -0.1) is 5.10 Å². The monoisotopic (exact) mass is 573 g/mol.